The number of carbonyl (C=O) groups is 2. The van der Waals surface area contributed by atoms with Crippen LogP contribution in [0, 0.1) is 5.41 Å². The predicted molar refractivity (Wildman–Crippen MR) is 67.5 cm³/mol. The fourth-order valence-electron chi connectivity index (χ4n) is 1.87. The quantitative estimate of drug-likeness (QED) is 0.500. The van der Waals surface area contributed by atoms with Crippen molar-refractivity contribution in [3.63, 3.8) is 0 Å². The second-order valence-corrected chi connectivity index (χ2v) is 4.98. The van der Waals surface area contributed by atoms with Crippen molar-refractivity contribution in [2.24, 2.45) is 11.1 Å². The maximum atomic E-state index is 10.1. The molecule has 1 fully saturated rings. The Hall–Kier alpha value is -1.14. The summed E-state index contributed by atoms with van der Waals surface area (Å²) in [6.07, 6.45) is 4.46. The second-order valence-electron chi connectivity index (χ2n) is 4.98. The molecule has 6 heteroatoms. The molecule has 0 spiro atoms. The number of aliphatic hydroxyl groups is 2. The van der Waals surface area contributed by atoms with Crippen LogP contribution in [0.2, 0.25) is 0 Å². The van der Waals surface area contributed by atoms with E-state index in [0.29, 0.717) is 0 Å². The minimum Gasteiger partial charge on any atom is -0.396 e. The third-order valence-electron chi connectivity index (χ3n) is 3.13. The van der Waals surface area contributed by atoms with E-state index in [-0.39, 0.29) is 24.5 Å². The van der Waals surface area contributed by atoms with E-state index in [0.717, 1.165) is 38.6 Å². The van der Waals surface area contributed by atoms with E-state index >= 15 is 0 Å². The highest BCUT2D eigenvalue weighted by Gasteiger charge is 2.29. The van der Waals surface area contributed by atoms with E-state index in [9.17, 15) is 14.7 Å². The van der Waals surface area contributed by atoms with Crippen LogP contribution >= 0.6 is 0 Å². The molecular formula is C12H24N2O4. The molecule has 0 saturated heterocycles. The molecule has 0 heterocycles. The lowest BCUT2D eigenvalue weighted by molar-refractivity contribution is -0.118. The Balaban J connectivity index is 0.000000411. The van der Waals surface area contributed by atoms with Crippen LogP contribution in [0.5, 0.6) is 0 Å². The number of hydrogen-bond donors (Lipinski definition) is 4. The Bertz CT molecular complexity index is 250. The van der Waals surface area contributed by atoms with Crippen molar-refractivity contribution < 1.29 is 19.8 Å². The molecular weight excluding hydrogens is 236 g/mol. The van der Waals surface area contributed by atoms with Crippen LogP contribution in [0.3, 0.4) is 0 Å². The zero-order valence-electron chi connectivity index (χ0n) is 10.9. The van der Waals surface area contributed by atoms with Crippen molar-refractivity contribution in [3.8, 4) is 0 Å². The van der Waals surface area contributed by atoms with Gasteiger partial charge in [0.15, 0.2) is 0 Å². The van der Waals surface area contributed by atoms with Crippen LogP contribution in [-0.4, -0.2) is 41.8 Å². The van der Waals surface area contributed by atoms with Gasteiger partial charge < -0.3 is 21.3 Å². The zero-order chi connectivity index (χ0) is 14.0. The number of nitrogens with two attached hydrogens (primary N) is 1. The topological polar surface area (TPSA) is 113 Å². The molecule has 0 aromatic heterocycles. The standard InChI is InChI=1S/C9H17NO2.C3H7NO2/c1-9(6-10-7-11)4-2-8(12)3-5-9;4-3(6)1-2-5/h7-8,12H,2-6H2,1H3,(H,10,11);5H,1-2H2,(H2,4,6). The summed E-state index contributed by atoms with van der Waals surface area (Å²) in [6, 6.07) is 0. The molecule has 1 aliphatic rings. The Morgan fingerprint density at radius 2 is 2.06 bits per heavy atom. The monoisotopic (exact) mass is 260 g/mol. The summed E-state index contributed by atoms with van der Waals surface area (Å²) >= 11 is 0. The summed E-state index contributed by atoms with van der Waals surface area (Å²) in [7, 11) is 0. The minimum atomic E-state index is -0.461. The van der Waals surface area contributed by atoms with Gasteiger partial charge in [-0.3, -0.25) is 9.59 Å². The number of carbonyl (C=O) groups excluding carboxylic acids is 2. The van der Waals surface area contributed by atoms with Gasteiger partial charge in [-0.1, -0.05) is 6.92 Å². The van der Waals surface area contributed by atoms with Crippen LogP contribution in [-0.2, 0) is 9.59 Å². The molecule has 0 atom stereocenters. The normalized spacial score (nSPS) is 26.7. The number of nitrogens with one attached hydrogen (secondary N) is 1. The van der Waals surface area contributed by atoms with Crippen LogP contribution in [0.25, 0.3) is 0 Å². The fraction of sp³-hybridized carbons (Fsp3) is 0.833. The Kier molecular flexibility index (Phi) is 8.32. The molecule has 6 nitrogen and oxygen atoms in total. The van der Waals surface area contributed by atoms with E-state index in [1.165, 1.54) is 0 Å². The van der Waals surface area contributed by atoms with Gasteiger partial charge in [-0.2, -0.15) is 0 Å². The first-order valence-corrected chi connectivity index (χ1v) is 6.18. The molecule has 1 aliphatic carbocycles. The first-order chi connectivity index (χ1) is 8.43. The van der Waals surface area contributed by atoms with Crippen LogP contribution in [0.1, 0.15) is 39.0 Å². The van der Waals surface area contributed by atoms with Gasteiger partial charge in [-0.25, -0.2) is 0 Å². The maximum Gasteiger partial charge on any atom is 0.219 e. The molecule has 0 aromatic rings. The van der Waals surface area contributed by atoms with Crippen molar-refractivity contribution >= 4 is 12.3 Å². The summed E-state index contributed by atoms with van der Waals surface area (Å²) in [5.41, 5.74) is 4.81. The summed E-state index contributed by atoms with van der Waals surface area (Å²) in [5, 5.41) is 19.9. The molecule has 18 heavy (non-hydrogen) atoms. The van der Waals surface area contributed by atoms with Gasteiger partial charge in [-0.15, -0.1) is 0 Å². The van der Waals surface area contributed by atoms with E-state index in [1.807, 2.05) is 0 Å². The molecule has 0 bridgehead atoms. The van der Waals surface area contributed by atoms with Crippen molar-refractivity contribution in [2.75, 3.05) is 13.2 Å². The SMILES string of the molecule is CC1(CNC=O)CCC(O)CC1.NC(=O)CCO. The number of amides is 2. The van der Waals surface area contributed by atoms with Gasteiger partial charge in [0.25, 0.3) is 0 Å². The average Bonchev–Trinajstić information content (AvgIpc) is 2.32. The van der Waals surface area contributed by atoms with Crippen molar-refractivity contribution in [1.82, 2.24) is 5.32 Å². The van der Waals surface area contributed by atoms with Crippen molar-refractivity contribution in [2.45, 2.75) is 45.1 Å². The van der Waals surface area contributed by atoms with Gasteiger partial charge >= 0.3 is 0 Å². The van der Waals surface area contributed by atoms with Crippen LogP contribution in [0.15, 0.2) is 0 Å². The Morgan fingerprint density at radius 3 is 2.39 bits per heavy atom. The second kappa shape index (κ2) is 8.88. The number of aliphatic hydroxyl groups excluding tert-OH is 2. The lowest BCUT2D eigenvalue weighted by Gasteiger charge is -2.35. The number of primary amides is 1. The van der Waals surface area contributed by atoms with Crippen LogP contribution in [0.4, 0.5) is 0 Å². The molecule has 0 radical (unpaired) electrons. The van der Waals surface area contributed by atoms with Gasteiger partial charge in [0.1, 0.15) is 0 Å². The molecule has 0 unspecified atom stereocenters. The molecule has 0 aromatic carbocycles. The van der Waals surface area contributed by atoms with Gasteiger partial charge in [0.2, 0.25) is 12.3 Å². The van der Waals surface area contributed by atoms with E-state index in [2.05, 4.69) is 18.0 Å². The van der Waals surface area contributed by atoms with Gasteiger partial charge in [0, 0.05) is 13.0 Å². The molecule has 0 aliphatic heterocycles. The molecule has 1 saturated carbocycles. The third kappa shape index (κ3) is 8.03. The summed E-state index contributed by atoms with van der Waals surface area (Å²) in [5.74, 6) is -0.461. The van der Waals surface area contributed by atoms with E-state index < -0.39 is 5.91 Å². The number of rotatable bonds is 5. The number of hydrogen-bond acceptors (Lipinski definition) is 4. The van der Waals surface area contributed by atoms with Crippen molar-refractivity contribution in [1.29, 1.82) is 0 Å². The lowest BCUT2D eigenvalue weighted by Crippen LogP contribution is -2.35. The van der Waals surface area contributed by atoms with Gasteiger partial charge in [0.05, 0.1) is 12.7 Å². The molecule has 1 rings (SSSR count). The summed E-state index contributed by atoms with van der Waals surface area (Å²) < 4.78 is 0. The summed E-state index contributed by atoms with van der Waals surface area (Å²) in [4.78, 5) is 19.8. The lowest BCUT2D eigenvalue weighted by atomic mass is 9.75. The predicted octanol–water partition coefficient (Wildman–Crippen LogP) is -0.472. The molecule has 2 amide bonds. The third-order valence-corrected chi connectivity index (χ3v) is 3.13. The van der Waals surface area contributed by atoms with Crippen molar-refractivity contribution in [3.05, 3.63) is 0 Å². The first-order valence-electron chi connectivity index (χ1n) is 6.18. The first kappa shape index (κ1) is 16.9. The molecule has 106 valence electrons. The minimum absolute atomic E-state index is 0.0694. The molecule has 5 N–H and O–H groups in total. The summed E-state index contributed by atoms with van der Waals surface area (Å²) in [6.45, 7) is 2.76. The Morgan fingerprint density at radius 1 is 1.50 bits per heavy atom. The highest BCUT2D eigenvalue weighted by molar-refractivity contribution is 5.73. The van der Waals surface area contributed by atoms with Crippen LogP contribution < -0.4 is 11.1 Å². The fourth-order valence-corrected chi connectivity index (χ4v) is 1.87. The Labute approximate surface area is 108 Å². The largest absolute Gasteiger partial charge is 0.396 e. The highest BCUT2D eigenvalue weighted by atomic mass is 16.3. The highest BCUT2D eigenvalue weighted by Crippen LogP contribution is 2.34. The smallest absolute Gasteiger partial charge is 0.219 e. The van der Waals surface area contributed by atoms with E-state index in [4.69, 9.17) is 5.11 Å². The van der Waals surface area contributed by atoms with Gasteiger partial charge in [-0.05, 0) is 31.1 Å². The average molecular weight is 260 g/mol. The maximum absolute atomic E-state index is 10.1. The van der Waals surface area contributed by atoms with E-state index in [1.54, 1.807) is 0 Å². The zero-order valence-corrected chi connectivity index (χ0v) is 10.9.